The van der Waals surface area contributed by atoms with E-state index in [2.05, 4.69) is 28.2 Å². The molecule has 0 amide bonds. The predicted octanol–water partition coefficient (Wildman–Crippen LogP) is 3.19. The molecular weight excluding hydrogens is 310 g/mol. The Bertz CT molecular complexity index is 423. The number of benzene rings is 1. The quantitative estimate of drug-likeness (QED) is 0.769. The van der Waals surface area contributed by atoms with E-state index in [0.717, 1.165) is 28.6 Å². The Kier molecular flexibility index (Phi) is 6.87. The fraction of sp³-hybridized carbons (Fsp3) is 0.500. The van der Waals surface area contributed by atoms with Gasteiger partial charge in [-0.05, 0) is 30.2 Å². The molecule has 0 fully saturated rings. The van der Waals surface area contributed by atoms with Crippen molar-refractivity contribution in [3.05, 3.63) is 28.2 Å². The van der Waals surface area contributed by atoms with Crippen LogP contribution in [0.4, 0.5) is 0 Å². The number of unbranched alkanes of at least 4 members (excludes halogenated alkanes) is 1. The molecule has 0 aliphatic rings. The molecule has 0 bridgehead atoms. The number of carbonyl (C=O) groups is 1. The molecule has 4 nitrogen and oxygen atoms in total. The number of hydrogen-bond donors (Lipinski definition) is 2. The molecule has 1 aromatic carbocycles. The average molecular weight is 330 g/mol. The summed E-state index contributed by atoms with van der Waals surface area (Å²) in [5.41, 5.74) is 0.988. The molecule has 0 aromatic heterocycles. The first-order chi connectivity index (χ1) is 9.08. The van der Waals surface area contributed by atoms with E-state index in [1.54, 1.807) is 7.11 Å². The summed E-state index contributed by atoms with van der Waals surface area (Å²) in [5.74, 6) is -0.0344. The summed E-state index contributed by atoms with van der Waals surface area (Å²) in [6, 6.07) is 5.16. The molecule has 1 atom stereocenters. The van der Waals surface area contributed by atoms with Crippen molar-refractivity contribution in [3.63, 3.8) is 0 Å². The molecule has 0 spiro atoms. The molecule has 0 saturated carbocycles. The topological polar surface area (TPSA) is 58.6 Å². The predicted molar refractivity (Wildman–Crippen MR) is 78.5 cm³/mol. The van der Waals surface area contributed by atoms with Crippen LogP contribution in [0.1, 0.15) is 31.7 Å². The van der Waals surface area contributed by atoms with Crippen molar-refractivity contribution in [1.82, 2.24) is 5.32 Å². The highest BCUT2D eigenvalue weighted by molar-refractivity contribution is 9.10. The first kappa shape index (κ1) is 16.0. The second kappa shape index (κ2) is 8.17. The van der Waals surface area contributed by atoms with E-state index in [1.807, 2.05) is 18.2 Å². The van der Waals surface area contributed by atoms with Gasteiger partial charge in [-0.15, -0.1) is 0 Å². The number of rotatable bonds is 8. The lowest BCUT2D eigenvalue weighted by Crippen LogP contribution is -2.36. The zero-order valence-electron chi connectivity index (χ0n) is 11.3. The minimum atomic E-state index is -0.799. The summed E-state index contributed by atoms with van der Waals surface area (Å²) in [6.07, 6.45) is 2.55. The van der Waals surface area contributed by atoms with Crippen molar-refractivity contribution in [3.8, 4) is 5.75 Å². The maximum Gasteiger partial charge on any atom is 0.320 e. The Morgan fingerprint density at radius 2 is 2.26 bits per heavy atom. The number of carboxylic acid groups (broad SMARTS) is 1. The fourth-order valence-corrected chi connectivity index (χ4v) is 2.15. The van der Waals surface area contributed by atoms with Gasteiger partial charge in [0.05, 0.1) is 7.11 Å². The van der Waals surface area contributed by atoms with E-state index in [1.165, 1.54) is 0 Å². The van der Waals surface area contributed by atoms with E-state index >= 15 is 0 Å². The maximum absolute atomic E-state index is 11.1. The summed E-state index contributed by atoms with van der Waals surface area (Å²) in [4.78, 5) is 11.1. The van der Waals surface area contributed by atoms with Gasteiger partial charge in [-0.25, -0.2) is 0 Å². The number of carboxylic acids is 1. The van der Waals surface area contributed by atoms with Crippen molar-refractivity contribution < 1.29 is 14.6 Å². The Morgan fingerprint density at radius 1 is 1.53 bits per heavy atom. The van der Waals surface area contributed by atoms with Gasteiger partial charge < -0.3 is 15.2 Å². The SMILES string of the molecule is CCCCC(NCc1cc(OC)ccc1Br)C(=O)O. The summed E-state index contributed by atoms with van der Waals surface area (Å²) < 4.78 is 6.11. The lowest BCUT2D eigenvalue weighted by molar-refractivity contribution is -0.139. The van der Waals surface area contributed by atoms with Crippen molar-refractivity contribution in [2.75, 3.05) is 7.11 Å². The Labute approximate surface area is 122 Å². The number of nitrogens with one attached hydrogen (secondary N) is 1. The lowest BCUT2D eigenvalue weighted by Gasteiger charge is -2.15. The summed E-state index contributed by atoms with van der Waals surface area (Å²) >= 11 is 3.46. The van der Waals surface area contributed by atoms with Gasteiger partial charge in [-0.2, -0.15) is 0 Å². The highest BCUT2D eigenvalue weighted by Gasteiger charge is 2.16. The summed E-state index contributed by atoms with van der Waals surface area (Å²) in [7, 11) is 1.61. The van der Waals surface area contributed by atoms with E-state index in [4.69, 9.17) is 9.84 Å². The van der Waals surface area contributed by atoms with Crippen molar-refractivity contribution >= 4 is 21.9 Å². The molecular formula is C14H20BrNO3. The molecule has 1 rings (SSSR count). The first-order valence-corrected chi connectivity index (χ1v) is 7.16. The van der Waals surface area contributed by atoms with Crippen molar-refractivity contribution in [1.29, 1.82) is 0 Å². The van der Waals surface area contributed by atoms with Gasteiger partial charge in [-0.1, -0.05) is 35.7 Å². The number of halogens is 1. The van der Waals surface area contributed by atoms with Crippen molar-refractivity contribution in [2.24, 2.45) is 0 Å². The van der Waals surface area contributed by atoms with Crippen LogP contribution in [0.3, 0.4) is 0 Å². The maximum atomic E-state index is 11.1. The summed E-state index contributed by atoms with van der Waals surface area (Å²) in [6.45, 7) is 2.55. The molecule has 1 aromatic rings. The molecule has 0 aliphatic heterocycles. The van der Waals surface area contributed by atoms with Crippen LogP contribution in [0.15, 0.2) is 22.7 Å². The van der Waals surface area contributed by atoms with Crippen LogP contribution in [0.2, 0.25) is 0 Å². The van der Waals surface area contributed by atoms with E-state index < -0.39 is 12.0 Å². The molecule has 0 saturated heterocycles. The molecule has 1 unspecified atom stereocenters. The second-order valence-electron chi connectivity index (χ2n) is 4.37. The molecule has 2 N–H and O–H groups in total. The van der Waals surface area contributed by atoms with E-state index in [0.29, 0.717) is 13.0 Å². The lowest BCUT2D eigenvalue weighted by atomic mass is 10.1. The van der Waals surface area contributed by atoms with Crippen molar-refractivity contribution in [2.45, 2.75) is 38.8 Å². The van der Waals surface area contributed by atoms with Gasteiger partial charge in [0, 0.05) is 11.0 Å². The van der Waals surface area contributed by atoms with Crippen LogP contribution in [-0.2, 0) is 11.3 Å². The third kappa shape index (κ3) is 5.20. The average Bonchev–Trinajstić information content (AvgIpc) is 2.40. The summed E-state index contributed by atoms with van der Waals surface area (Å²) in [5, 5.41) is 12.2. The minimum Gasteiger partial charge on any atom is -0.497 e. The van der Waals surface area contributed by atoms with Crippen LogP contribution in [0.25, 0.3) is 0 Å². The number of ether oxygens (including phenoxy) is 1. The van der Waals surface area contributed by atoms with Gasteiger partial charge in [0.15, 0.2) is 0 Å². The largest absolute Gasteiger partial charge is 0.497 e. The molecule has 0 aliphatic carbocycles. The molecule has 0 radical (unpaired) electrons. The molecule has 5 heteroatoms. The van der Waals surface area contributed by atoms with Crippen LogP contribution >= 0.6 is 15.9 Å². The number of methoxy groups -OCH3 is 1. The monoisotopic (exact) mass is 329 g/mol. The minimum absolute atomic E-state index is 0.498. The molecule has 19 heavy (non-hydrogen) atoms. The normalized spacial score (nSPS) is 12.2. The Morgan fingerprint density at radius 3 is 2.84 bits per heavy atom. The zero-order chi connectivity index (χ0) is 14.3. The first-order valence-electron chi connectivity index (χ1n) is 6.37. The van der Waals surface area contributed by atoms with Crippen LogP contribution in [-0.4, -0.2) is 24.2 Å². The molecule has 106 valence electrons. The third-order valence-electron chi connectivity index (χ3n) is 2.94. The highest BCUT2D eigenvalue weighted by Crippen LogP contribution is 2.22. The third-order valence-corrected chi connectivity index (χ3v) is 3.71. The zero-order valence-corrected chi connectivity index (χ0v) is 12.9. The highest BCUT2D eigenvalue weighted by atomic mass is 79.9. The van der Waals surface area contributed by atoms with Gasteiger partial charge in [0.2, 0.25) is 0 Å². The molecule has 0 heterocycles. The van der Waals surface area contributed by atoms with E-state index in [9.17, 15) is 4.79 Å². The Balaban J connectivity index is 2.65. The smallest absolute Gasteiger partial charge is 0.320 e. The van der Waals surface area contributed by atoms with Gasteiger partial charge >= 0.3 is 5.97 Å². The Hall–Kier alpha value is -1.07. The standard InChI is InChI=1S/C14H20BrNO3/c1-3-4-5-13(14(17)18)16-9-10-8-11(19-2)6-7-12(10)15/h6-8,13,16H,3-5,9H2,1-2H3,(H,17,18). The number of aliphatic carboxylic acids is 1. The van der Waals surface area contributed by atoms with Gasteiger partial charge in [-0.3, -0.25) is 4.79 Å². The van der Waals surface area contributed by atoms with Crippen LogP contribution < -0.4 is 10.1 Å². The van der Waals surface area contributed by atoms with Gasteiger partial charge in [0.1, 0.15) is 11.8 Å². The second-order valence-corrected chi connectivity index (χ2v) is 5.23. The van der Waals surface area contributed by atoms with Crippen LogP contribution in [0, 0.1) is 0 Å². The van der Waals surface area contributed by atoms with E-state index in [-0.39, 0.29) is 0 Å². The van der Waals surface area contributed by atoms with Gasteiger partial charge in [0.25, 0.3) is 0 Å². The van der Waals surface area contributed by atoms with Crippen LogP contribution in [0.5, 0.6) is 5.75 Å². The fourth-order valence-electron chi connectivity index (χ4n) is 1.77. The number of hydrogen-bond acceptors (Lipinski definition) is 3.